The number of aromatic nitrogens is 2. The number of benzene rings is 1. The first-order chi connectivity index (χ1) is 10.5. The molecule has 7 heteroatoms. The van der Waals surface area contributed by atoms with Crippen molar-refractivity contribution in [2.75, 3.05) is 13.7 Å². The molecule has 1 heterocycles. The molecule has 0 radical (unpaired) electrons. The molecule has 0 saturated heterocycles. The Morgan fingerprint density at radius 1 is 1.55 bits per heavy atom. The van der Waals surface area contributed by atoms with Gasteiger partial charge in [-0.25, -0.2) is 14.2 Å². The largest absolute Gasteiger partial charge is 0.394 e. The van der Waals surface area contributed by atoms with Crippen LogP contribution < -0.4 is 5.32 Å². The highest BCUT2D eigenvalue weighted by Gasteiger charge is 2.14. The second kappa shape index (κ2) is 7.04. The van der Waals surface area contributed by atoms with Crippen molar-refractivity contribution in [2.24, 2.45) is 0 Å². The average molecular weight is 306 g/mol. The lowest BCUT2D eigenvalue weighted by molar-refractivity contribution is 0.157. The first-order valence-electron chi connectivity index (χ1n) is 6.91. The van der Waals surface area contributed by atoms with Gasteiger partial charge >= 0.3 is 6.03 Å². The van der Waals surface area contributed by atoms with Gasteiger partial charge in [0.2, 0.25) is 0 Å². The number of nitrogens with zero attached hydrogens (tertiary/aromatic N) is 3. The number of aliphatic hydroxyl groups is 1. The van der Waals surface area contributed by atoms with Gasteiger partial charge < -0.3 is 19.9 Å². The van der Waals surface area contributed by atoms with Gasteiger partial charge in [-0.3, -0.25) is 0 Å². The zero-order valence-corrected chi connectivity index (χ0v) is 12.5. The number of carbonyl (C=O) groups excluding carboxylic acids is 1. The summed E-state index contributed by atoms with van der Waals surface area (Å²) in [5, 5.41) is 11.7. The van der Waals surface area contributed by atoms with Crippen molar-refractivity contribution in [3.63, 3.8) is 0 Å². The first kappa shape index (κ1) is 16.0. The molecule has 22 heavy (non-hydrogen) atoms. The van der Waals surface area contributed by atoms with E-state index in [1.807, 2.05) is 0 Å². The van der Waals surface area contributed by atoms with Crippen LogP contribution in [-0.2, 0) is 6.54 Å². The summed E-state index contributed by atoms with van der Waals surface area (Å²) in [5.74, 6) is -0.387. The van der Waals surface area contributed by atoms with Crippen LogP contribution in [0.25, 0.3) is 5.69 Å². The van der Waals surface area contributed by atoms with Crippen molar-refractivity contribution in [1.29, 1.82) is 0 Å². The van der Waals surface area contributed by atoms with Gasteiger partial charge in [-0.1, -0.05) is 6.07 Å². The molecule has 0 aliphatic rings. The number of aliphatic hydroxyl groups excluding tert-OH is 1. The maximum Gasteiger partial charge on any atom is 0.317 e. The lowest BCUT2D eigenvalue weighted by atomic mass is 10.2. The fourth-order valence-electron chi connectivity index (χ4n) is 1.90. The minimum absolute atomic E-state index is 0.113. The van der Waals surface area contributed by atoms with Gasteiger partial charge in [-0.05, 0) is 24.6 Å². The first-order valence-corrected chi connectivity index (χ1v) is 6.91. The maximum atomic E-state index is 14.1. The molecule has 2 rings (SSSR count). The van der Waals surface area contributed by atoms with E-state index in [0.717, 1.165) is 0 Å². The van der Waals surface area contributed by atoms with Crippen LogP contribution in [0, 0.1) is 5.82 Å². The molecule has 1 aromatic carbocycles. The van der Waals surface area contributed by atoms with E-state index in [1.54, 1.807) is 43.1 Å². The molecule has 0 aliphatic heterocycles. The molecule has 118 valence electrons. The Morgan fingerprint density at radius 3 is 2.91 bits per heavy atom. The Bertz CT molecular complexity index is 630. The number of hydrogen-bond donors (Lipinski definition) is 2. The zero-order valence-electron chi connectivity index (χ0n) is 12.5. The van der Waals surface area contributed by atoms with Crippen LogP contribution in [0.15, 0.2) is 36.9 Å². The highest BCUT2D eigenvalue weighted by atomic mass is 19.1. The van der Waals surface area contributed by atoms with E-state index in [1.165, 1.54) is 17.3 Å². The fourth-order valence-corrected chi connectivity index (χ4v) is 1.90. The molecule has 6 nitrogen and oxygen atoms in total. The Kier molecular flexibility index (Phi) is 5.11. The Hall–Kier alpha value is -2.41. The molecule has 1 aromatic heterocycles. The van der Waals surface area contributed by atoms with E-state index in [0.29, 0.717) is 11.3 Å². The van der Waals surface area contributed by atoms with Gasteiger partial charge in [0.25, 0.3) is 0 Å². The van der Waals surface area contributed by atoms with E-state index in [2.05, 4.69) is 10.3 Å². The van der Waals surface area contributed by atoms with Crippen LogP contribution in [0.4, 0.5) is 9.18 Å². The number of likely N-dealkylation sites (N-methyl/N-ethyl adjacent to an activating group) is 1. The van der Waals surface area contributed by atoms with E-state index < -0.39 is 0 Å². The molecule has 2 N–H and O–H groups in total. The zero-order chi connectivity index (χ0) is 16.1. The predicted octanol–water partition coefficient (Wildman–Crippen LogP) is 1.53. The normalized spacial score (nSPS) is 12.0. The Labute approximate surface area is 128 Å². The molecule has 0 spiro atoms. The third-order valence-electron chi connectivity index (χ3n) is 3.48. The van der Waals surface area contributed by atoms with Crippen LogP contribution >= 0.6 is 0 Å². The smallest absolute Gasteiger partial charge is 0.317 e. The summed E-state index contributed by atoms with van der Waals surface area (Å²) < 4.78 is 15.7. The van der Waals surface area contributed by atoms with Gasteiger partial charge in [0, 0.05) is 26.0 Å². The number of nitrogens with one attached hydrogen (secondary N) is 1. The number of carbonyl (C=O) groups is 1. The van der Waals surface area contributed by atoms with Crippen LogP contribution in [0.5, 0.6) is 0 Å². The Morgan fingerprint density at radius 2 is 2.32 bits per heavy atom. The summed E-state index contributed by atoms with van der Waals surface area (Å²) in [4.78, 5) is 17.1. The predicted molar refractivity (Wildman–Crippen MR) is 80.1 cm³/mol. The van der Waals surface area contributed by atoms with Crippen LogP contribution in [-0.4, -0.2) is 45.3 Å². The topological polar surface area (TPSA) is 70.4 Å². The molecule has 0 bridgehead atoms. The minimum Gasteiger partial charge on any atom is -0.394 e. The van der Waals surface area contributed by atoms with E-state index >= 15 is 0 Å². The molecule has 0 aliphatic carbocycles. The van der Waals surface area contributed by atoms with Crippen molar-refractivity contribution in [1.82, 2.24) is 19.8 Å². The summed E-state index contributed by atoms with van der Waals surface area (Å²) in [6, 6.07) is 4.17. The number of rotatable bonds is 5. The number of urea groups is 1. The summed E-state index contributed by atoms with van der Waals surface area (Å²) in [5.41, 5.74) is 1.05. The lowest BCUT2D eigenvalue weighted by Crippen LogP contribution is -2.43. The molecule has 1 atom stereocenters. The van der Waals surface area contributed by atoms with Crippen molar-refractivity contribution >= 4 is 6.03 Å². The molecule has 0 fully saturated rings. The van der Waals surface area contributed by atoms with E-state index in [9.17, 15) is 9.18 Å². The van der Waals surface area contributed by atoms with Crippen LogP contribution in [0.3, 0.4) is 0 Å². The second-order valence-corrected chi connectivity index (χ2v) is 5.06. The van der Waals surface area contributed by atoms with Crippen molar-refractivity contribution in [2.45, 2.75) is 19.5 Å². The monoisotopic (exact) mass is 306 g/mol. The molecular formula is C15H19FN4O2. The van der Waals surface area contributed by atoms with Gasteiger partial charge in [0.1, 0.15) is 5.82 Å². The number of hydrogen-bond acceptors (Lipinski definition) is 3. The molecule has 2 aromatic rings. The average Bonchev–Trinajstić information content (AvgIpc) is 3.05. The standard InChI is InChI=1S/C15H19FN4O2/c1-11(9-21)19(2)15(22)18-8-12-3-4-14(13(16)7-12)20-6-5-17-10-20/h3-7,10-11,21H,8-9H2,1-2H3,(H,18,22). The third-order valence-corrected chi connectivity index (χ3v) is 3.48. The van der Waals surface area contributed by atoms with Crippen molar-refractivity contribution in [3.05, 3.63) is 48.3 Å². The lowest BCUT2D eigenvalue weighted by Gasteiger charge is -2.23. The molecule has 2 amide bonds. The van der Waals surface area contributed by atoms with Gasteiger partial charge in [-0.2, -0.15) is 0 Å². The van der Waals surface area contributed by atoms with Crippen LogP contribution in [0.1, 0.15) is 12.5 Å². The highest BCUT2D eigenvalue weighted by Crippen LogP contribution is 2.15. The molecular weight excluding hydrogens is 287 g/mol. The van der Waals surface area contributed by atoms with E-state index in [4.69, 9.17) is 5.11 Å². The summed E-state index contributed by atoms with van der Waals surface area (Å²) in [6.07, 6.45) is 4.75. The third kappa shape index (κ3) is 3.62. The van der Waals surface area contributed by atoms with Crippen molar-refractivity contribution < 1.29 is 14.3 Å². The number of halogens is 1. The highest BCUT2D eigenvalue weighted by molar-refractivity contribution is 5.74. The van der Waals surface area contributed by atoms with Crippen LogP contribution in [0.2, 0.25) is 0 Å². The van der Waals surface area contributed by atoms with Gasteiger partial charge in [-0.15, -0.1) is 0 Å². The summed E-state index contributed by atoms with van der Waals surface area (Å²) in [6.45, 7) is 1.83. The Balaban J connectivity index is 2.00. The minimum atomic E-state index is -0.387. The SMILES string of the molecule is CC(CO)N(C)C(=O)NCc1ccc(-n2ccnc2)c(F)c1. The molecule has 1 unspecified atom stereocenters. The second-order valence-electron chi connectivity index (χ2n) is 5.06. The summed E-state index contributed by atoms with van der Waals surface area (Å²) in [7, 11) is 1.60. The maximum absolute atomic E-state index is 14.1. The molecule has 0 saturated carbocycles. The van der Waals surface area contributed by atoms with Crippen molar-refractivity contribution in [3.8, 4) is 5.69 Å². The van der Waals surface area contributed by atoms with E-state index in [-0.39, 0.29) is 31.0 Å². The van der Waals surface area contributed by atoms with Gasteiger partial charge in [0.15, 0.2) is 0 Å². The van der Waals surface area contributed by atoms with Gasteiger partial charge in [0.05, 0.1) is 24.7 Å². The summed E-state index contributed by atoms with van der Waals surface area (Å²) >= 11 is 0. The number of imidazole rings is 1. The number of amides is 2. The quantitative estimate of drug-likeness (QED) is 0.880. The fraction of sp³-hybridized carbons (Fsp3) is 0.333.